The van der Waals surface area contributed by atoms with Gasteiger partial charge in [0.05, 0.1) is 13.2 Å². The molecule has 0 bridgehead atoms. The molecule has 45 heavy (non-hydrogen) atoms. The Balaban J connectivity index is 1.52. The summed E-state index contributed by atoms with van der Waals surface area (Å²) < 4.78 is 13.6. The normalized spacial score (nSPS) is 27.5. The molecule has 2 heterocycles. The van der Waals surface area contributed by atoms with E-state index in [0.717, 1.165) is 12.8 Å². The van der Waals surface area contributed by atoms with Crippen LogP contribution in [0.5, 0.6) is 0 Å². The van der Waals surface area contributed by atoms with Crippen molar-refractivity contribution in [1.29, 1.82) is 0 Å². The Morgan fingerprint density at radius 1 is 0.978 bits per heavy atom. The number of nitrogens with one attached hydrogen (secondary N) is 3. The highest BCUT2D eigenvalue weighted by Gasteiger charge is 2.70. The standard InChI is InChI=1S/C31H49N5O8S/c1-29(2,3)21(33-28(42)34-22(30(4,5)6)26(40)44-17-11-12-43-14-17)25(39)36-13-18-19(31(18,7)8)20(36)24(38)35-45(15-16-9-10-16)27(41)23(32)37/h15-22H,9-14H2,1-8H3,(H2,32,37)(H,35,38)(H2,33,34,42)/t17?,18-,19-,20-,21+,22+,45?/m0/s1. The second kappa shape index (κ2) is 12.7. The van der Waals surface area contributed by atoms with Crippen LogP contribution in [0.25, 0.3) is 0 Å². The van der Waals surface area contributed by atoms with Crippen molar-refractivity contribution in [3.05, 3.63) is 0 Å². The lowest BCUT2D eigenvalue weighted by molar-refractivity contribution is -0.154. The van der Waals surface area contributed by atoms with Gasteiger partial charge in [-0.05, 0) is 62.9 Å². The number of hydrogen-bond acceptors (Lipinski definition) is 8. The molecule has 4 rings (SSSR count). The number of piperidine rings is 1. The fourth-order valence-corrected chi connectivity index (χ4v) is 7.74. The SMILES string of the molecule is CC(C)(C)[C@H](NC(=O)N[C@H](C(=O)N1C[C@H]2[C@@H]([C@H]1C(=O)N/S(=C/C1CC1)C(=O)C(N)=O)C2(C)C)C(C)(C)C)C(=O)OC1CCOC1. The summed E-state index contributed by atoms with van der Waals surface area (Å²) in [7, 11) is -1.51. The van der Waals surface area contributed by atoms with E-state index in [2.05, 4.69) is 15.4 Å². The van der Waals surface area contributed by atoms with Crippen LogP contribution in [0, 0.1) is 34.0 Å². The number of ether oxygens (including phenoxy) is 2. The van der Waals surface area contributed by atoms with Crippen molar-refractivity contribution in [1.82, 2.24) is 20.3 Å². The predicted molar refractivity (Wildman–Crippen MR) is 168 cm³/mol. The van der Waals surface area contributed by atoms with Gasteiger partial charge >= 0.3 is 12.0 Å². The van der Waals surface area contributed by atoms with Gasteiger partial charge in [0.25, 0.3) is 16.9 Å². The summed E-state index contributed by atoms with van der Waals surface area (Å²) in [4.78, 5) is 80.3. The molecule has 2 aliphatic carbocycles. The summed E-state index contributed by atoms with van der Waals surface area (Å²) in [5.74, 6) is -2.69. The number of likely N-dealkylation sites (tertiary alicyclic amines) is 1. The molecular weight excluding hydrogens is 602 g/mol. The molecule has 0 aromatic heterocycles. The Hall–Kier alpha value is -3.00. The molecule has 2 saturated heterocycles. The molecule has 14 heteroatoms. The van der Waals surface area contributed by atoms with Crippen LogP contribution in [-0.2, 0) is 33.4 Å². The zero-order valence-corrected chi connectivity index (χ0v) is 28.4. The minimum atomic E-state index is -1.51. The van der Waals surface area contributed by atoms with E-state index in [9.17, 15) is 28.8 Å². The molecular formula is C31H49N5O8S. The van der Waals surface area contributed by atoms with Gasteiger partial charge in [0.15, 0.2) is 0 Å². The molecule has 0 aromatic rings. The fourth-order valence-electron chi connectivity index (χ4n) is 6.24. The van der Waals surface area contributed by atoms with E-state index in [1.807, 2.05) is 13.8 Å². The van der Waals surface area contributed by atoms with Crippen molar-refractivity contribution in [2.75, 3.05) is 19.8 Å². The van der Waals surface area contributed by atoms with E-state index >= 15 is 0 Å². The number of carbonyl (C=O) groups is 6. The van der Waals surface area contributed by atoms with Gasteiger partial charge in [-0.15, -0.1) is 0 Å². The number of nitrogens with zero attached hydrogens (tertiary/aromatic N) is 1. The average Bonchev–Trinajstić information content (AvgIpc) is 3.63. The third kappa shape index (κ3) is 7.87. The third-order valence-corrected chi connectivity index (χ3v) is 10.9. The maximum absolute atomic E-state index is 14.2. The maximum Gasteiger partial charge on any atom is 0.329 e. The zero-order chi connectivity index (χ0) is 33.6. The molecule has 5 N–H and O–H groups in total. The van der Waals surface area contributed by atoms with Crippen LogP contribution in [-0.4, -0.2) is 89.1 Å². The number of carbonyl (C=O) groups excluding carboxylic acids is 6. The quantitative estimate of drug-likeness (QED) is 0.181. The van der Waals surface area contributed by atoms with Crippen LogP contribution in [0.3, 0.4) is 0 Å². The first-order valence-corrected chi connectivity index (χ1v) is 16.9. The maximum atomic E-state index is 14.2. The second-order valence-corrected chi connectivity index (χ2v) is 17.0. The number of primary amides is 1. The Bertz CT molecular complexity index is 1280. The van der Waals surface area contributed by atoms with E-state index in [1.54, 1.807) is 46.9 Å². The van der Waals surface area contributed by atoms with E-state index < -0.39 is 74.5 Å². The summed E-state index contributed by atoms with van der Waals surface area (Å²) in [5.41, 5.74) is 3.59. The molecule has 13 nitrogen and oxygen atoms in total. The van der Waals surface area contributed by atoms with Crippen molar-refractivity contribution in [3.8, 4) is 0 Å². The Morgan fingerprint density at radius 2 is 1.58 bits per heavy atom. The Morgan fingerprint density at radius 3 is 2.09 bits per heavy atom. The summed E-state index contributed by atoms with van der Waals surface area (Å²) in [6.45, 7) is 16.0. The lowest BCUT2D eigenvalue weighted by Gasteiger charge is -2.38. The topological polar surface area (TPSA) is 186 Å². The van der Waals surface area contributed by atoms with Crippen LogP contribution >= 0.6 is 10.7 Å². The number of amides is 5. The van der Waals surface area contributed by atoms with Crippen LogP contribution in [0.2, 0.25) is 0 Å². The molecule has 0 spiro atoms. The summed E-state index contributed by atoms with van der Waals surface area (Å²) >= 11 is 0. The molecule has 2 aliphatic heterocycles. The first kappa shape index (κ1) is 34.9. The smallest absolute Gasteiger partial charge is 0.329 e. The van der Waals surface area contributed by atoms with Crippen molar-refractivity contribution >= 4 is 50.9 Å². The van der Waals surface area contributed by atoms with E-state index in [0.29, 0.717) is 26.2 Å². The molecule has 4 fully saturated rings. The third-order valence-electron chi connectivity index (χ3n) is 9.26. The van der Waals surface area contributed by atoms with Gasteiger partial charge in [0, 0.05) is 13.0 Å². The highest BCUT2D eigenvalue weighted by atomic mass is 32.2. The van der Waals surface area contributed by atoms with Gasteiger partial charge < -0.3 is 30.7 Å². The van der Waals surface area contributed by atoms with Crippen molar-refractivity contribution in [2.45, 2.75) is 98.9 Å². The highest BCUT2D eigenvalue weighted by Crippen LogP contribution is 2.65. The highest BCUT2D eigenvalue weighted by molar-refractivity contribution is 8.28. The minimum Gasteiger partial charge on any atom is -0.458 e. The summed E-state index contributed by atoms with van der Waals surface area (Å²) in [5, 5.41) is 6.28. The molecule has 252 valence electrons. The predicted octanol–water partition coefficient (Wildman–Crippen LogP) is 1.45. The second-order valence-electron chi connectivity index (χ2n) is 15.5. The minimum absolute atomic E-state index is 0.0484. The summed E-state index contributed by atoms with van der Waals surface area (Å²) in [6, 6.07) is -3.68. The lowest BCUT2D eigenvalue weighted by Crippen LogP contribution is -2.62. The average molecular weight is 652 g/mol. The van der Waals surface area contributed by atoms with Gasteiger partial charge in [0.1, 0.15) is 24.2 Å². The van der Waals surface area contributed by atoms with Crippen LogP contribution in [0.4, 0.5) is 4.79 Å². The number of rotatable bonds is 7. The Kier molecular flexibility index (Phi) is 9.80. The van der Waals surface area contributed by atoms with Gasteiger partial charge in [-0.25, -0.2) is 9.59 Å². The molecule has 0 aromatic carbocycles. The number of fused-ring (bicyclic) bond motifs is 1. The van der Waals surface area contributed by atoms with E-state index in [1.165, 1.54) is 4.90 Å². The molecule has 4 aliphatic rings. The largest absolute Gasteiger partial charge is 0.458 e. The Labute approximate surface area is 267 Å². The van der Waals surface area contributed by atoms with Gasteiger partial charge in [-0.2, -0.15) is 0 Å². The van der Waals surface area contributed by atoms with Gasteiger partial charge in [-0.3, -0.25) is 23.9 Å². The van der Waals surface area contributed by atoms with E-state index in [4.69, 9.17) is 15.2 Å². The first-order chi connectivity index (χ1) is 20.7. The molecule has 7 atom stereocenters. The van der Waals surface area contributed by atoms with Crippen LogP contribution in [0.15, 0.2) is 0 Å². The zero-order valence-electron chi connectivity index (χ0n) is 27.6. The number of esters is 1. The van der Waals surface area contributed by atoms with Gasteiger partial charge in [-0.1, -0.05) is 55.4 Å². The molecule has 0 radical (unpaired) electrons. The number of nitrogens with two attached hydrogens (primary N) is 1. The van der Waals surface area contributed by atoms with Crippen molar-refractivity contribution in [3.63, 3.8) is 0 Å². The van der Waals surface area contributed by atoms with Crippen molar-refractivity contribution < 1.29 is 38.2 Å². The van der Waals surface area contributed by atoms with Crippen LogP contribution in [0.1, 0.15) is 74.7 Å². The fraction of sp³-hybridized carbons (Fsp3) is 0.774. The summed E-state index contributed by atoms with van der Waals surface area (Å²) in [6.07, 6.45) is 1.92. The van der Waals surface area contributed by atoms with E-state index in [-0.39, 0.29) is 29.3 Å². The van der Waals surface area contributed by atoms with Crippen molar-refractivity contribution in [2.24, 2.45) is 39.7 Å². The van der Waals surface area contributed by atoms with Crippen LogP contribution < -0.4 is 21.1 Å². The molecule has 2 unspecified atom stereocenters. The number of hydrogen-bond donors (Lipinski definition) is 4. The molecule has 2 saturated carbocycles. The first-order valence-electron chi connectivity index (χ1n) is 15.6. The number of urea groups is 1. The lowest BCUT2D eigenvalue weighted by atomic mass is 9.85. The monoisotopic (exact) mass is 651 g/mol. The molecule has 5 amide bonds. The van der Waals surface area contributed by atoms with Gasteiger partial charge in [0.2, 0.25) is 5.91 Å².